The quantitative estimate of drug-likeness (QED) is 0.871. The molecule has 1 heterocycles. The predicted molar refractivity (Wildman–Crippen MR) is 83.2 cm³/mol. The second-order valence-corrected chi connectivity index (χ2v) is 5.74. The molecule has 1 saturated carbocycles. The molecule has 0 unspecified atom stereocenters. The van der Waals surface area contributed by atoms with Crippen LogP contribution in [0.25, 0.3) is 0 Å². The van der Waals surface area contributed by atoms with Gasteiger partial charge in [0.1, 0.15) is 5.69 Å². The first kappa shape index (κ1) is 16.0. The molecule has 5 heteroatoms. The number of nitrogens with two attached hydrogens (primary N) is 1. The van der Waals surface area contributed by atoms with E-state index in [2.05, 4.69) is 6.92 Å². The topological polar surface area (TPSA) is 60.5 Å². The summed E-state index contributed by atoms with van der Waals surface area (Å²) < 4.78 is 7.08. The largest absolute Gasteiger partial charge is 0.383 e. The van der Waals surface area contributed by atoms with Gasteiger partial charge < -0.3 is 19.9 Å². The van der Waals surface area contributed by atoms with E-state index in [9.17, 15) is 4.79 Å². The van der Waals surface area contributed by atoms with Crippen molar-refractivity contribution in [2.45, 2.75) is 51.2 Å². The van der Waals surface area contributed by atoms with E-state index in [4.69, 9.17) is 10.5 Å². The van der Waals surface area contributed by atoms with E-state index < -0.39 is 0 Å². The fraction of sp³-hybridized carbons (Fsp3) is 0.688. The van der Waals surface area contributed by atoms with E-state index in [0.717, 1.165) is 37.9 Å². The number of methoxy groups -OCH3 is 1. The highest BCUT2D eigenvalue weighted by atomic mass is 16.5. The summed E-state index contributed by atoms with van der Waals surface area (Å²) in [6.07, 6.45) is 5.99. The molecule has 118 valence electrons. The average molecular weight is 293 g/mol. The molecule has 1 amide bonds. The summed E-state index contributed by atoms with van der Waals surface area (Å²) in [6.45, 7) is 4.11. The molecule has 1 fully saturated rings. The maximum absolute atomic E-state index is 12.8. The second kappa shape index (κ2) is 7.61. The van der Waals surface area contributed by atoms with E-state index in [-0.39, 0.29) is 5.91 Å². The lowest BCUT2D eigenvalue weighted by molar-refractivity contribution is 0.0627. The first-order chi connectivity index (χ1) is 10.2. The first-order valence-electron chi connectivity index (χ1n) is 7.88. The summed E-state index contributed by atoms with van der Waals surface area (Å²) in [5, 5.41) is 0. The van der Waals surface area contributed by atoms with Crippen LogP contribution in [0.5, 0.6) is 0 Å². The van der Waals surface area contributed by atoms with Crippen molar-refractivity contribution >= 4 is 5.91 Å². The molecule has 0 aliphatic heterocycles. The van der Waals surface area contributed by atoms with Gasteiger partial charge in [-0.05, 0) is 44.7 Å². The minimum atomic E-state index is 0.124. The van der Waals surface area contributed by atoms with Crippen molar-refractivity contribution in [3.8, 4) is 0 Å². The molecule has 1 aliphatic rings. The second-order valence-electron chi connectivity index (χ2n) is 5.74. The Hall–Kier alpha value is -1.33. The number of hydrogen-bond acceptors (Lipinski definition) is 3. The standard InChI is InChI=1S/C16H27N3O2/c1-3-19(14-8-6-13(17)7-9-14)16(20)15-5-4-10-18(15)11-12-21-2/h4-5,10,13-14H,3,6-9,11-12,17H2,1-2H3. The molecule has 2 rings (SSSR count). The fourth-order valence-electron chi connectivity index (χ4n) is 3.12. The summed E-state index contributed by atoms with van der Waals surface area (Å²) >= 11 is 0. The molecule has 0 atom stereocenters. The normalized spacial score (nSPS) is 22.2. The van der Waals surface area contributed by atoms with Crippen molar-refractivity contribution in [1.82, 2.24) is 9.47 Å². The molecule has 2 N–H and O–H groups in total. The highest BCUT2D eigenvalue weighted by Crippen LogP contribution is 2.23. The highest BCUT2D eigenvalue weighted by molar-refractivity contribution is 5.93. The van der Waals surface area contributed by atoms with Crippen LogP contribution in [0.1, 0.15) is 43.1 Å². The van der Waals surface area contributed by atoms with E-state index in [0.29, 0.717) is 25.2 Å². The lowest BCUT2D eigenvalue weighted by Gasteiger charge is -2.35. The lowest BCUT2D eigenvalue weighted by Crippen LogP contribution is -2.44. The zero-order chi connectivity index (χ0) is 15.2. The summed E-state index contributed by atoms with van der Waals surface area (Å²) in [7, 11) is 1.68. The van der Waals surface area contributed by atoms with Crippen LogP contribution in [-0.4, -0.2) is 47.7 Å². The van der Waals surface area contributed by atoms with Crippen LogP contribution in [0.15, 0.2) is 18.3 Å². The zero-order valence-electron chi connectivity index (χ0n) is 13.1. The molecular formula is C16H27N3O2. The van der Waals surface area contributed by atoms with Gasteiger partial charge in [0.05, 0.1) is 6.61 Å². The molecule has 0 spiro atoms. The van der Waals surface area contributed by atoms with E-state index in [1.807, 2.05) is 27.8 Å². The van der Waals surface area contributed by atoms with Crippen LogP contribution >= 0.6 is 0 Å². The van der Waals surface area contributed by atoms with Crippen LogP contribution in [0, 0.1) is 0 Å². The van der Waals surface area contributed by atoms with Gasteiger partial charge in [0.15, 0.2) is 0 Å². The number of ether oxygens (including phenoxy) is 1. The van der Waals surface area contributed by atoms with Crippen LogP contribution in [0.4, 0.5) is 0 Å². The third-order valence-electron chi connectivity index (χ3n) is 4.37. The van der Waals surface area contributed by atoms with Crippen LogP contribution in [-0.2, 0) is 11.3 Å². The Kier molecular flexibility index (Phi) is 5.82. The van der Waals surface area contributed by atoms with Crippen LogP contribution in [0.2, 0.25) is 0 Å². The van der Waals surface area contributed by atoms with Gasteiger partial charge in [-0.1, -0.05) is 0 Å². The third kappa shape index (κ3) is 3.86. The number of rotatable bonds is 6. The minimum absolute atomic E-state index is 0.124. The average Bonchev–Trinajstić information content (AvgIpc) is 2.96. The molecule has 1 aliphatic carbocycles. The molecule has 0 bridgehead atoms. The van der Waals surface area contributed by atoms with Crippen molar-refractivity contribution in [3.05, 3.63) is 24.0 Å². The SMILES string of the molecule is CCN(C(=O)c1cccn1CCOC)C1CCC(N)CC1. The van der Waals surface area contributed by atoms with Crippen LogP contribution < -0.4 is 5.73 Å². The van der Waals surface area contributed by atoms with E-state index in [1.54, 1.807) is 7.11 Å². The Bertz CT molecular complexity index is 450. The van der Waals surface area contributed by atoms with Gasteiger partial charge in [0.2, 0.25) is 0 Å². The van der Waals surface area contributed by atoms with Gasteiger partial charge in [-0.3, -0.25) is 4.79 Å². The summed E-state index contributed by atoms with van der Waals surface area (Å²) in [4.78, 5) is 14.8. The van der Waals surface area contributed by atoms with Gasteiger partial charge in [-0.15, -0.1) is 0 Å². The first-order valence-corrected chi connectivity index (χ1v) is 7.88. The number of nitrogens with zero attached hydrogens (tertiary/aromatic N) is 2. The van der Waals surface area contributed by atoms with Crippen molar-refractivity contribution in [3.63, 3.8) is 0 Å². The van der Waals surface area contributed by atoms with Gasteiger partial charge in [0.25, 0.3) is 5.91 Å². The smallest absolute Gasteiger partial charge is 0.270 e. The lowest BCUT2D eigenvalue weighted by atomic mass is 9.90. The predicted octanol–water partition coefficient (Wildman–Crippen LogP) is 1.87. The number of aromatic nitrogens is 1. The Morgan fingerprint density at radius 2 is 2.14 bits per heavy atom. The molecule has 0 aromatic carbocycles. The maximum Gasteiger partial charge on any atom is 0.270 e. The van der Waals surface area contributed by atoms with Crippen molar-refractivity contribution in [2.24, 2.45) is 5.73 Å². The molecule has 5 nitrogen and oxygen atoms in total. The third-order valence-corrected chi connectivity index (χ3v) is 4.37. The Morgan fingerprint density at radius 1 is 1.43 bits per heavy atom. The molecule has 0 saturated heterocycles. The minimum Gasteiger partial charge on any atom is -0.383 e. The molecule has 21 heavy (non-hydrogen) atoms. The van der Waals surface area contributed by atoms with Gasteiger partial charge >= 0.3 is 0 Å². The Labute approximate surface area is 127 Å². The van der Waals surface area contributed by atoms with Gasteiger partial charge in [-0.25, -0.2) is 0 Å². The van der Waals surface area contributed by atoms with Gasteiger partial charge in [-0.2, -0.15) is 0 Å². The Morgan fingerprint density at radius 3 is 2.76 bits per heavy atom. The molecule has 1 aromatic rings. The van der Waals surface area contributed by atoms with Crippen molar-refractivity contribution < 1.29 is 9.53 Å². The van der Waals surface area contributed by atoms with Crippen molar-refractivity contribution in [1.29, 1.82) is 0 Å². The van der Waals surface area contributed by atoms with E-state index >= 15 is 0 Å². The number of carbonyl (C=O) groups is 1. The van der Waals surface area contributed by atoms with E-state index in [1.165, 1.54) is 0 Å². The van der Waals surface area contributed by atoms with Crippen molar-refractivity contribution in [2.75, 3.05) is 20.3 Å². The molecule has 0 radical (unpaired) electrons. The molecular weight excluding hydrogens is 266 g/mol. The molecule has 1 aromatic heterocycles. The van der Waals surface area contributed by atoms with Gasteiger partial charge in [0, 0.05) is 38.5 Å². The maximum atomic E-state index is 12.8. The zero-order valence-corrected chi connectivity index (χ0v) is 13.1. The summed E-state index contributed by atoms with van der Waals surface area (Å²) in [5.74, 6) is 0.124. The monoisotopic (exact) mass is 293 g/mol. The Balaban J connectivity index is 2.07. The highest BCUT2D eigenvalue weighted by Gasteiger charge is 2.28. The summed E-state index contributed by atoms with van der Waals surface area (Å²) in [6, 6.07) is 4.46. The fourth-order valence-corrected chi connectivity index (χ4v) is 3.12. The number of hydrogen-bond donors (Lipinski definition) is 1. The van der Waals surface area contributed by atoms with Crippen LogP contribution in [0.3, 0.4) is 0 Å². The summed E-state index contributed by atoms with van der Waals surface area (Å²) in [5.41, 5.74) is 6.72. The number of amides is 1. The number of carbonyl (C=O) groups excluding carboxylic acids is 1.